The van der Waals surface area contributed by atoms with Crippen LogP contribution in [-0.2, 0) is 0 Å². The number of allylic oxidation sites excluding steroid dienone is 1. The smallest absolute Gasteiger partial charge is 0.200 e. The molecule has 0 saturated carbocycles. The summed E-state index contributed by atoms with van der Waals surface area (Å²) in [5.74, 6) is 0.0722. The van der Waals surface area contributed by atoms with Crippen molar-refractivity contribution in [2.45, 2.75) is 4.90 Å². The first-order valence-electron chi connectivity index (χ1n) is 7.97. The molecule has 1 N–H and O–H groups in total. The molecule has 0 aliphatic carbocycles. The Morgan fingerprint density at radius 3 is 1.93 bits per heavy atom. The van der Waals surface area contributed by atoms with Gasteiger partial charge in [-0.25, -0.2) is 0 Å². The number of hydrogen-bond donors (Lipinski definition) is 1. The van der Waals surface area contributed by atoms with E-state index < -0.39 is 0 Å². The van der Waals surface area contributed by atoms with E-state index in [9.17, 15) is 9.90 Å². The van der Waals surface area contributed by atoms with E-state index in [4.69, 9.17) is 0 Å². The van der Waals surface area contributed by atoms with Crippen LogP contribution in [0.1, 0.15) is 15.9 Å². The fraction of sp³-hybridized carbons (Fsp3) is 0. The average Bonchev–Trinajstić information content (AvgIpc) is 2.69. The van der Waals surface area contributed by atoms with Crippen LogP contribution < -0.4 is 0 Å². The molecule has 28 heavy (non-hydrogen) atoms. The highest BCUT2D eigenvalue weighted by Gasteiger charge is 2.19. The zero-order valence-electron chi connectivity index (χ0n) is 14.1. The predicted octanol–water partition coefficient (Wildman–Crippen LogP) is 8.46. The Kier molecular flexibility index (Phi) is 7.83. The van der Waals surface area contributed by atoms with Crippen molar-refractivity contribution in [3.63, 3.8) is 0 Å². The number of Topliss-reactive ketones (excluding diaryl/α,β-unsaturated/α-hetero) is 1. The van der Waals surface area contributed by atoms with Gasteiger partial charge in [-0.2, -0.15) is 0 Å². The van der Waals surface area contributed by atoms with Gasteiger partial charge in [0.25, 0.3) is 0 Å². The Morgan fingerprint density at radius 2 is 1.36 bits per heavy atom. The predicted molar refractivity (Wildman–Crippen MR) is 135 cm³/mol. The van der Waals surface area contributed by atoms with Crippen LogP contribution in [0, 0.1) is 0 Å². The van der Waals surface area contributed by atoms with Crippen molar-refractivity contribution >= 4 is 91.5 Å². The molecule has 7 heteroatoms. The molecule has 0 spiro atoms. The molecule has 0 saturated heterocycles. The number of thioether (sulfide) groups is 1. The highest BCUT2D eigenvalue weighted by molar-refractivity contribution is 14.1. The lowest BCUT2D eigenvalue weighted by atomic mass is 10.1. The summed E-state index contributed by atoms with van der Waals surface area (Å²) in [7, 11) is 0. The van der Waals surface area contributed by atoms with E-state index in [-0.39, 0.29) is 11.5 Å². The molecule has 0 atom stereocenters. The molecule has 3 aromatic rings. The van der Waals surface area contributed by atoms with Gasteiger partial charge in [-0.3, -0.25) is 4.79 Å². The van der Waals surface area contributed by atoms with Crippen LogP contribution in [0.15, 0.2) is 89.9 Å². The van der Waals surface area contributed by atoms with Crippen molar-refractivity contribution in [2.24, 2.45) is 0 Å². The number of halogens is 4. The molecule has 0 aliphatic rings. The van der Waals surface area contributed by atoms with E-state index in [1.54, 1.807) is 24.3 Å². The lowest BCUT2D eigenvalue weighted by Crippen LogP contribution is -2.02. The fourth-order valence-corrected chi connectivity index (χ4v) is 4.94. The van der Waals surface area contributed by atoms with Crippen molar-refractivity contribution in [1.82, 2.24) is 0 Å². The molecule has 0 amide bonds. The Balaban J connectivity index is 2.08. The molecule has 0 aliphatic heterocycles. The molecule has 0 bridgehead atoms. The van der Waals surface area contributed by atoms with E-state index in [2.05, 4.69) is 70.4 Å². The van der Waals surface area contributed by atoms with Gasteiger partial charge in [0.05, 0.1) is 9.38 Å². The Labute approximate surface area is 206 Å². The van der Waals surface area contributed by atoms with Crippen LogP contribution in [0.4, 0.5) is 0 Å². The topological polar surface area (TPSA) is 37.3 Å². The third kappa shape index (κ3) is 5.50. The maximum absolute atomic E-state index is 13.3. The number of aromatic hydroxyl groups is 1. The standard InChI is InChI=1S/C21H12Br3IO2S/c22-14-4-1-12(2-5-14)20(27)21(28-16-8-6-15(23)7-9-16)19(25)13-3-10-17(24)18(26)11-13/h1-11,26H. The zero-order chi connectivity index (χ0) is 20.3. The van der Waals surface area contributed by atoms with E-state index in [0.717, 1.165) is 23.0 Å². The highest BCUT2D eigenvalue weighted by Crippen LogP contribution is 2.40. The number of phenols is 1. The SMILES string of the molecule is O=C(C(Sc1ccc(Br)cc1)=C(I)c1ccc(Br)c(O)c1)c1ccc(Br)cc1. The lowest BCUT2D eigenvalue weighted by molar-refractivity contribution is 0.104. The second-order valence-electron chi connectivity index (χ2n) is 5.70. The number of carbonyl (C=O) groups is 1. The summed E-state index contributed by atoms with van der Waals surface area (Å²) in [6, 6.07) is 20.4. The van der Waals surface area contributed by atoms with E-state index in [1.807, 2.05) is 42.5 Å². The molecule has 2 nitrogen and oxygen atoms in total. The van der Waals surface area contributed by atoms with Crippen molar-refractivity contribution in [3.8, 4) is 5.75 Å². The summed E-state index contributed by atoms with van der Waals surface area (Å²) in [6.45, 7) is 0. The van der Waals surface area contributed by atoms with E-state index in [0.29, 0.717) is 14.9 Å². The maximum Gasteiger partial charge on any atom is 0.200 e. The Bertz CT molecular complexity index is 1050. The van der Waals surface area contributed by atoms with Crippen LogP contribution in [0.5, 0.6) is 5.75 Å². The van der Waals surface area contributed by atoms with Gasteiger partial charge >= 0.3 is 0 Å². The second-order valence-corrected chi connectivity index (χ2v) is 10.5. The molecule has 0 aromatic heterocycles. The summed E-state index contributed by atoms with van der Waals surface area (Å²) in [5.41, 5.74) is 1.39. The summed E-state index contributed by atoms with van der Waals surface area (Å²) in [6.07, 6.45) is 0. The first-order valence-corrected chi connectivity index (χ1v) is 12.2. The Morgan fingerprint density at radius 1 is 0.821 bits per heavy atom. The van der Waals surface area contributed by atoms with Gasteiger partial charge in [0.2, 0.25) is 5.78 Å². The molecule has 3 rings (SSSR count). The summed E-state index contributed by atoms with van der Waals surface area (Å²) < 4.78 is 3.29. The summed E-state index contributed by atoms with van der Waals surface area (Å²) in [5, 5.41) is 10.1. The minimum atomic E-state index is -0.0628. The molecular formula is C21H12Br3IO2S. The molecule has 0 radical (unpaired) electrons. The van der Waals surface area contributed by atoms with Crippen LogP contribution in [-0.4, -0.2) is 10.9 Å². The highest BCUT2D eigenvalue weighted by atomic mass is 127. The molecule has 0 unspecified atom stereocenters. The summed E-state index contributed by atoms with van der Waals surface area (Å²) in [4.78, 5) is 14.9. The van der Waals surface area contributed by atoms with E-state index in [1.165, 1.54) is 11.8 Å². The average molecular weight is 695 g/mol. The van der Waals surface area contributed by atoms with Crippen molar-refractivity contribution in [3.05, 3.63) is 96.2 Å². The normalized spacial score (nSPS) is 11.9. The minimum absolute atomic E-state index is 0.0628. The quantitative estimate of drug-likeness (QED) is 0.126. The monoisotopic (exact) mass is 692 g/mol. The second kappa shape index (κ2) is 9.93. The lowest BCUT2D eigenvalue weighted by Gasteiger charge is -2.12. The third-order valence-electron chi connectivity index (χ3n) is 3.75. The van der Waals surface area contributed by atoms with Crippen molar-refractivity contribution in [2.75, 3.05) is 0 Å². The minimum Gasteiger partial charge on any atom is -0.507 e. The molecule has 142 valence electrons. The number of ketones is 1. The zero-order valence-corrected chi connectivity index (χ0v) is 21.9. The molecule has 0 heterocycles. The van der Waals surface area contributed by atoms with Gasteiger partial charge in [0.15, 0.2) is 0 Å². The van der Waals surface area contributed by atoms with Crippen LogP contribution in [0.25, 0.3) is 3.58 Å². The first kappa shape index (κ1) is 22.1. The van der Waals surface area contributed by atoms with Gasteiger partial charge in [-0.1, -0.05) is 49.7 Å². The molecule has 0 fully saturated rings. The third-order valence-corrected chi connectivity index (χ3v) is 8.10. The number of carbonyl (C=O) groups excluding carboxylic acids is 1. The van der Waals surface area contributed by atoms with Crippen LogP contribution >= 0.6 is 82.1 Å². The van der Waals surface area contributed by atoms with Gasteiger partial charge in [0.1, 0.15) is 5.75 Å². The van der Waals surface area contributed by atoms with Crippen LogP contribution in [0.3, 0.4) is 0 Å². The van der Waals surface area contributed by atoms with Gasteiger partial charge in [-0.05, 0) is 105 Å². The number of phenolic OH excluding ortho intramolecular Hbond substituents is 1. The maximum atomic E-state index is 13.3. The molecule has 3 aromatic carbocycles. The van der Waals surface area contributed by atoms with Gasteiger partial charge < -0.3 is 5.11 Å². The van der Waals surface area contributed by atoms with Crippen molar-refractivity contribution in [1.29, 1.82) is 0 Å². The van der Waals surface area contributed by atoms with Gasteiger partial charge in [0, 0.05) is 23.0 Å². The van der Waals surface area contributed by atoms with Crippen LogP contribution in [0.2, 0.25) is 0 Å². The first-order chi connectivity index (χ1) is 13.3. The number of benzene rings is 3. The van der Waals surface area contributed by atoms with Gasteiger partial charge in [-0.15, -0.1) is 0 Å². The summed E-state index contributed by atoms with van der Waals surface area (Å²) >= 11 is 13.7. The Hall–Kier alpha value is -0.610. The fourth-order valence-electron chi connectivity index (χ4n) is 2.32. The number of hydrogen-bond acceptors (Lipinski definition) is 3. The largest absolute Gasteiger partial charge is 0.507 e. The van der Waals surface area contributed by atoms with E-state index >= 15 is 0 Å². The molecular weight excluding hydrogens is 683 g/mol. The number of rotatable bonds is 5. The van der Waals surface area contributed by atoms with Crippen molar-refractivity contribution < 1.29 is 9.90 Å².